The Balaban J connectivity index is 0.000000179. The van der Waals surface area contributed by atoms with E-state index in [-0.39, 0.29) is 70.1 Å². The van der Waals surface area contributed by atoms with Gasteiger partial charge >= 0.3 is 18.3 Å². The van der Waals surface area contributed by atoms with Crippen LogP contribution in [0.4, 0.5) is 14.4 Å². The standard InChI is InChI=1S/C10H17NO2.C9H16N2O2.C9H15NO2.C8H13NO.C8H11NO.C8H17NO/c1-10-6-4-3-5-8(10)13-9(12)11(2)7-10;1-9-5-10-4-3-7(9)13-8(12)11(2)6-9;1-9-5-3-2-4-7(9)12-8(11)10-6-9;2*1-8(9-2)6-4-3-5-7(8)10;1-8(6-9)5-3-2-4-7(8)10/h8H,3-7H2,1-2H3;7,10H,3-6H2,1-2H3;7H,2-6H2,1H3,(H,10,11);7,10H,3-6H2,1H3;3-6H2,1H3;7,10H,2-6,9H2,1H3. The lowest BCUT2D eigenvalue weighted by Crippen LogP contribution is -2.59. The van der Waals surface area contributed by atoms with Crippen LogP contribution in [-0.4, -0.2) is 139 Å². The topological polar surface area (TPSA) is 202 Å². The SMILES string of the molecule is CC1(CN)CCCCC1O.CC12CCCCC1OC(=O)NC2.CN1CC2(C)CCCCC2OC1=O.CN1CC2(C)CNCCC2OC1=O.[C-]#[N+]C1(C)CCCCC1=O.[C-]#[N+]C1(C)CCCCC1O. The summed E-state index contributed by atoms with van der Waals surface area (Å²) in [6.07, 6.45) is 21.3. The van der Waals surface area contributed by atoms with Crippen LogP contribution >= 0.6 is 0 Å². The minimum Gasteiger partial charge on any atom is -0.446 e. The molecular formula is C52H89N7O9. The Bertz CT molecular complexity index is 1730. The summed E-state index contributed by atoms with van der Waals surface area (Å²) in [6.45, 7) is 31.0. The Hall–Kier alpha value is -3.70. The van der Waals surface area contributed by atoms with Crippen LogP contribution in [0.5, 0.6) is 0 Å². The maximum Gasteiger partial charge on any atom is 0.409 e. The zero-order chi connectivity index (χ0) is 50.4. The lowest BCUT2D eigenvalue weighted by Gasteiger charge is -2.47. The number of amides is 3. The van der Waals surface area contributed by atoms with E-state index in [0.29, 0.717) is 13.0 Å². The van der Waals surface area contributed by atoms with Crippen molar-refractivity contribution in [3.05, 3.63) is 22.8 Å². The van der Waals surface area contributed by atoms with Gasteiger partial charge in [0.1, 0.15) is 24.4 Å². The number of nitrogens with two attached hydrogens (primary N) is 1. The molecule has 4 aliphatic heterocycles. The maximum absolute atomic E-state index is 11.3. The molecule has 9 rings (SSSR count). The number of nitrogens with zero attached hydrogens (tertiary/aromatic N) is 4. The van der Waals surface area contributed by atoms with Gasteiger partial charge in [0.05, 0.1) is 6.10 Å². The van der Waals surface area contributed by atoms with Gasteiger partial charge in [0.25, 0.3) is 11.1 Å². The first-order chi connectivity index (χ1) is 32.0. The summed E-state index contributed by atoms with van der Waals surface area (Å²) in [4.78, 5) is 54.8. The predicted molar refractivity (Wildman–Crippen MR) is 262 cm³/mol. The third-order valence-corrected chi connectivity index (χ3v) is 16.9. The first-order valence-electron chi connectivity index (χ1n) is 25.9. The van der Waals surface area contributed by atoms with E-state index in [4.69, 9.17) is 33.1 Å². The molecular weight excluding hydrogens is 867 g/mol. The molecule has 0 radical (unpaired) electrons. The Labute approximate surface area is 408 Å². The molecule has 6 N–H and O–H groups in total. The van der Waals surface area contributed by atoms with Crippen molar-refractivity contribution in [1.82, 2.24) is 20.4 Å². The van der Waals surface area contributed by atoms with Crippen LogP contribution in [0.25, 0.3) is 9.69 Å². The zero-order valence-corrected chi connectivity index (χ0v) is 43.1. The minimum absolute atomic E-state index is 0.0122. The van der Waals surface area contributed by atoms with Gasteiger partial charge in [-0.05, 0) is 90.0 Å². The highest BCUT2D eigenvalue weighted by atomic mass is 16.6. The first-order valence-corrected chi connectivity index (χ1v) is 25.9. The molecule has 4 saturated heterocycles. The molecule has 16 heteroatoms. The van der Waals surface area contributed by atoms with E-state index < -0.39 is 17.2 Å². The second-order valence-electron chi connectivity index (χ2n) is 23.0. The van der Waals surface area contributed by atoms with Crippen molar-refractivity contribution in [2.75, 3.05) is 53.4 Å². The number of alkyl carbamates (subject to hydrolysis) is 1. The van der Waals surface area contributed by atoms with Gasteiger partial charge in [0, 0.05) is 102 Å². The largest absolute Gasteiger partial charge is 0.446 e. The fourth-order valence-electron chi connectivity index (χ4n) is 11.4. The fourth-order valence-corrected chi connectivity index (χ4v) is 11.4. The van der Waals surface area contributed by atoms with E-state index in [1.165, 1.54) is 44.9 Å². The molecule has 4 heterocycles. The van der Waals surface area contributed by atoms with Gasteiger partial charge in [-0.25, -0.2) is 27.5 Å². The summed E-state index contributed by atoms with van der Waals surface area (Å²) in [7, 11) is 3.61. The summed E-state index contributed by atoms with van der Waals surface area (Å²) in [5.74, 6) is 0.133. The van der Waals surface area contributed by atoms with E-state index in [0.717, 1.165) is 116 Å². The number of piperidine rings is 1. The summed E-state index contributed by atoms with van der Waals surface area (Å²) >= 11 is 0. The second kappa shape index (κ2) is 24.9. The lowest BCUT2D eigenvalue weighted by atomic mass is 9.72. The number of ether oxygens (including phenoxy) is 3. The summed E-state index contributed by atoms with van der Waals surface area (Å²) in [5, 5.41) is 25.1. The molecule has 386 valence electrons. The van der Waals surface area contributed by atoms with Gasteiger partial charge < -0.3 is 60.3 Å². The normalized spacial score (nSPS) is 39.5. The number of fused-ring (bicyclic) bond motifs is 3. The van der Waals surface area contributed by atoms with Crippen LogP contribution in [0, 0.1) is 34.8 Å². The van der Waals surface area contributed by atoms with E-state index >= 15 is 0 Å². The average Bonchev–Trinajstić information content (AvgIpc) is 3.31. The molecule has 9 aliphatic rings. The van der Waals surface area contributed by atoms with E-state index in [1.807, 2.05) is 14.0 Å². The smallest absolute Gasteiger partial charge is 0.409 e. The molecule has 0 spiro atoms. The van der Waals surface area contributed by atoms with E-state index in [9.17, 15) is 29.4 Å². The van der Waals surface area contributed by atoms with Crippen LogP contribution in [0.2, 0.25) is 0 Å². The van der Waals surface area contributed by atoms with Crippen LogP contribution in [0.15, 0.2) is 0 Å². The molecule has 0 aromatic carbocycles. The number of aliphatic hydroxyl groups is 2. The van der Waals surface area contributed by atoms with Crippen molar-refractivity contribution in [2.45, 2.75) is 218 Å². The number of hydrogen-bond donors (Lipinski definition) is 5. The molecule has 9 fully saturated rings. The Morgan fingerprint density at radius 1 is 0.618 bits per heavy atom. The van der Waals surface area contributed by atoms with Crippen molar-refractivity contribution in [1.29, 1.82) is 0 Å². The lowest BCUT2D eigenvalue weighted by molar-refractivity contribution is -0.123. The second-order valence-corrected chi connectivity index (χ2v) is 23.0. The van der Waals surface area contributed by atoms with Crippen molar-refractivity contribution in [3.63, 3.8) is 0 Å². The Morgan fingerprint density at radius 3 is 1.65 bits per heavy atom. The molecule has 16 nitrogen and oxygen atoms in total. The van der Waals surface area contributed by atoms with Gasteiger partial charge in [-0.15, -0.1) is 0 Å². The predicted octanol–water partition coefficient (Wildman–Crippen LogP) is 8.42. The maximum atomic E-state index is 11.3. The van der Waals surface area contributed by atoms with Gasteiger partial charge in [-0.1, -0.05) is 59.8 Å². The molecule has 0 bridgehead atoms. The van der Waals surface area contributed by atoms with Gasteiger partial charge in [0.15, 0.2) is 0 Å². The van der Waals surface area contributed by atoms with Crippen LogP contribution < -0.4 is 16.4 Å². The van der Waals surface area contributed by atoms with Crippen LogP contribution in [0.1, 0.15) is 176 Å². The number of hydrogen-bond acceptors (Lipinski definition) is 11. The third-order valence-electron chi connectivity index (χ3n) is 16.9. The molecule has 0 aromatic heterocycles. The quantitative estimate of drug-likeness (QED) is 0.125. The Kier molecular flexibility index (Phi) is 20.8. The number of carbonyl (C=O) groups excluding carboxylic acids is 4. The van der Waals surface area contributed by atoms with Crippen LogP contribution in [-0.2, 0) is 19.0 Å². The molecule has 0 aromatic rings. The van der Waals surface area contributed by atoms with E-state index in [2.05, 4.69) is 48.0 Å². The highest BCUT2D eigenvalue weighted by Crippen LogP contribution is 2.42. The number of Topliss-reactive ketones (excluding diaryl/α,β-unsaturated/α-hetero) is 1. The van der Waals surface area contributed by atoms with Gasteiger partial charge in [-0.3, -0.25) is 4.79 Å². The molecule has 5 saturated carbocycles. The zero-order valence-electron chi connectivity index (χ0n) is 43.1. The monoisotopic (exact) mass is 956 g/mol. The fraction of sp³-hybridized carbons (Fsp3) is 0.885. The number of ketones is 1. The van der Waals surface area contributed by atoms with Gasteiger partial charge in [0.2, 0.25) is 5.78 Å². The molecule has 5 aliphatic carbocycles. The first kappa shape index (κ1) is 56.9. The summed E-state index contributed by atoms with van der Waals surface area (Å²) < 4.78 is 16.0. The third kappa shape index (κ3) is 14.9. The van der Waals surface area contributed by atoms with Crippen LogP contribution in [0.3, 0.4) is 0 Å². The number of carbonyl (C=O) groups is 4. The molecule has 11 unspecified atom stereocenters. The van der Waals surface area contributed by atoms with Crippen molar-refractivity contribution >= 4 is 24.1 Å². The number of rotatable bonds is 1. The molecule has 68 heavy (non-hydrogen) atoms. The summed E-state index contributed by atoms with van der Waals surface area (Å²) in [6, 6.07) is 0. The van der Waals surface area contributed by atoms with Crippen molar-refractivity contribution in [3.8, 4) is 0 Å². The highest BCUT2D eigenvalue weighted by Gasteiger charge is 2.47. The Morgan fingerprint density at radius 2 is 1.13 bits per heavy atom. The summed E-state index contributed by atoms with van der Waals surface area (Å²) in [5.41, 5.74) is 4.95. The van der Waals surface area contributed by atoms with Crippen molar-refractivity contribution < 1.29 is 43.6 Å². The highest BCUT2D eigenvalue weighted by molar-refractivity contribution is 5.90. The minimum atomic E-state index is -0.668. The average molecular weight is 956 g/mol. The van der Waals surface area contributed by atoms with Gasteiger partial charge in [-0.2, -0.15) is 0 Å². The van der Waals surface area contributed by atoms with E-state index in [1.54, 1.807) is 23.8 Å². The number of nitrogens with one attached hydrogen (secondary N) is 2. The molecule has 11 atom stereocenters. The molecule has 3 amide bonds. The number of aliphatic hydroxyl groups excluding tert-OH is 2. The van der Waals surface area contributed by atoms with Crippen molar-refractivity contribution in [2.24, 2.45) is 27.4 Å².